The van der Waals surface area contributed by atoms with Gasteiger partial charge in [0.2, 0.25) is 21.8 Å². The van der Waals surface area contributed by atoms with Gasteiger partial charge in [-0.2, -0.15) is 0 Å². The number of nitrogens with one attached hydrogen (secondary N) is 2. The van der Waals surface area contributed by atoms with E-state index < -0.39 is 10.0 Å². The van der Waals surface area contributed by atoms with Gasteiger partial charge in [-0.3, -0.25) is 9.59 Å². The van der Waals surface area contributed by atoms with Crippen LogP contribution in [0.3, 0.4) is 0 Å². The van der Waals surface area contributed by atoms with Crippen LogP contribution in [0, 0.1) is 11.8 Å². The minimum Gasteiger partial charge on any atom is -0.352 e. The molecule has 0 unspecified atom stereocenters. The molecule has 4 rings (SSSR count). The summed E-state index contributed by atoms with van der Waals surface area (Å²) < 4.78 is 27.5. The molecule has 1 heterocycles. The van der Waals surface area contributed by atoms with Crippen LogP contribution in [0.15, 0.2) is 29.2 Å². The molecular formula is C22H31N3O4S. The number of sulfonamides is 1. The molecule has 3 fully saturated rings. The maximum absolute atomic E-state index is 12.5. The van der Waals surface area contributed by atoms with E-state index in [4.69, 9.17) is 0 Å². The second-order valence-electron chi connectivity index (χ2n) is 8.85. The molecule has 164 valence electrons. The van der Waals surface area contributed by atoms with Gasteiger partial charge < -0.3 is 10.2 Å². The molecule has 2 amide bonds. The largest absolute Gasteiger partial charge is 0.352 e. The van der Waals surface area contributed by atoms with Crippen molar-refractivity contribution in [3.8, 4) is 0 Å². The van der Waals surface area contributed by atoms with E-state index in [1.54, 1.807) is 17.0 Å². The van der Waals surface area contributed by atoms with Crippen LogP contribution in [0.1, 0.15) is 57.8 Å². The lowest BCUT2D eigenvalue weighted by Gasteiger charge is -2.39. The Balaban J connectivity index is 1.28. The molecule has 1 aromatic rings. The lowest BCUT2D eigenvalue weighted by atomic mass is 9.69. The molecule has 30 heavy (non-hydrogen) atoms. The number of hydrogen-bond donors (Lipinski definition) is 2. The Labute approximate surface area is 178 Å². The number of amides is 2. The summed E-state index contributed by atoms with van der Waals surface area (Å²) in [4.78, 5) is 25.9. The summed E-state index contributed by atoms with van der Waals surface area (Å²) >= 11 is 0. The van der Waals surface area contributed by atoms with E-state index in [-0.39, 0.29) is 29.3 Å². The Morgan fingerprint density at radius 1 is 1.00 bits per heavy atom. The maximum atomic E-state index is 12.5. The molecule has 0 radical (unpaired) electrons. The van der Waals surface area contributed by atoms with Crippen molar-refractivity contribution >= 4 is 27.5 Å². The second kappa shape index (κ2) is 9.06. The number of benzene rings is 1. The third-order valence-corrected chi connectivity index (χ3v) is 8.28. The Morgan fingerprint density at radius 3 is 2.43 bits per heavy atom. The van der Waals surface area contributed by atoms with Gasteiger partial charge in [-0.25, -0.2) is 13.1 Å². The molecule has 2 saturated carbocycles. The van der Waals surface area contributed by atoms with Gasteiger partial charge in [0.25, 0.3) is 0 Å². The summed E-state index contributed by atoms with van der Waals surface area (Å²) in [7, 11) is -3.78. The fourth-order valence-corrected chi connectivity index (χ4v) is 6.24. The Morgan fingerprint density at radius 2 is 1.73 bits per heavy atom. The maximum Gasteiger partial charge on any atom is 0.241 e. The SMILES string of the molecule is O=C(CNS(=O)(=O)c1ccc(N2CCCC2=O)cc1)N[C@@H]1CC[C@H]2CCCC[C@@H]2C1. The first kappa shape index (κ1) is 21.3. The summed E-state index contributed by atoms with van der Waals surface area (Å²) in [6.45, 7) is 0.394. The molecule has 8 heteroatoms. The first-order chi connectivity index (χ1) is 14.4. The van der Waals surface area contributed by atoms with E-state index in [2.05, 4.69) is 10.0 Å². The molecule has 2 N–H and O–H groups in total. The van der Waals surface area contributed by atoms with Crippen molar-refractivity contribution in [1.82, 2.24) is 10.0 Å². The summed E-state index contributed by atoms with van der Waals surface area (Å²) in [6, 6.07) is 6.39. The normalized spacial score (nSPS) is 27.0. The summed E-state index contributed by atoms with van der Waals surface area (Å²) in [5.41, 5.74) is 0.701. The van der Waals surface area contributed by atoms with Crippen LogP contribution in [0.2, 0.25) is 0 Å². The van der Waals surface area contributed by atoms with Crippen LogP contribution in [0.5, 0.6) is 0 Å². The Hall–Kier alpha value is -1.93. The first-order valence-corrected chi connectivity index (χ1v) is 12.6. The number of rotatable bonds is 6. The number of carbonyl (C=O) groups is 2. The van der Waals surface area contributed by atoms with E-state index in [0.29, 0.717) is 24.6 Å². The van der Waals surface area contributed by atoms with Crippen molar-refractivity contribution in [1.29, 1.82) is 0 Å². The average molecular weight is 434 g/mol. The number of anilines is 1. The van der Waals surface area contributed by atoms with Crippen LogP contribution in [0.25, 0.3) is 0 Å². The van der Waals surface area contributed by atoms with Crippen LogP contribution in [-0.2, 0) is 19.6 Å². The predicted octanol–water partition coefficient (Wildman–Crippen LogP) is 2.57. The summed E-state index contributed by atoms with van der Waals surface area (Å²) in [5, 5.41) is 3.02. The van der Waals surface area contributed by atoms with Gasteiger partial charge >= 0.3 is 0 Å². The van der Waals surface area contributed by atoms with Crippen molar-refractivity contribution < 1.29 is 18.0 Å². The van der Waals surface area contributed by atoms with Gasteiger partial charge in [0.1, 0.15) is 0 Å². The van der Waals surface area contributed by atoms with Gasteiger partial charge in [-0.15, -0.1) is 0 Å². The number of hydrogen-bond acceptors (Lipinski definition) is 4. The van der Waals surface area contributed by atoms with E-state index in [0.717, 1.165) is 31.6 Å². The number of carbonyl (C=O) groups excluding carboxylic acids is 2. The van der Waals surface area contributed by atoms with E-state index in [9.17, 15) is 18.0 Å². The molecular weight excluding hydrogens is 402 g/mol. The van der Waals surface area contributed by atoms with Crippen LogP contribution in [-0.4, -0.2) is 39.4 Å². The van der Waals surface area contributed by atoms with Crippen molar-refractivity contribution in [2.24, 2.45) is 11.8 Å². The fraction of sp³-hybridized carbons (Fsp3) is 0.636. The zero-order chi connectivity index (χ0) is 21.1. The molecule has 1 aromatic carbocycles. The number of nitrogens with zero attached hydrogens (tertiary/aromatic N) is 1. The standard InChI is InChI=1S/C22H31N3O4S/c26-21(24-18-8-7-16-4-1-2-5-17(16)14-18)15-23-30(28,29)20-11-9-19(10-12-20)25-13-3-6-22(25)27/h9-12,16-18,23H,1-8,13-15H2,(H,24,26)/t16-,17-,18-/m1/s1. The Kier molecular flexibility index (Phi) is 6.43. The smallest absolute Gasteiger partial charge is 0.241 e. The van der Waals surface area contributed by atoms with Gasteiger partial charge in [0, 0.05) is 24.7 Å². The molecule has 1 aliphatic heterocycles. The molecule has 3 atom stereocenters. The average Bonchev–Trinajstić information content (AvgIpc) is 3.18. The lowest BCUT2D eigenvalue weighted by molar-refractivity contribution is -0.121. The Bertz CT molecular complexity index is 884. The topological polar surface area (TPSA) is 95.6 Å². The minimum atomic E-state index is -3.78. The van der Waals surface area contributed by atoms with Gasteiger partial charge in [-0.05, 0) is 61.8 Å². The highest BCUT2D eigenvalue weighted by Crippen LogP contribution is 2.40. The van der Waals surface area contributed by atoms with Crippen molar-refractivity contribution in [3.05, 3.63) is 24.3 Å². The molecule has 3 aliphatic rings. The predicted molar refractivity (Wildman–Crippen MR) is 114 cm³/mol. The highest BCUT2D eigenvalue weighted by molar-refractivity contribution is 7.89. The van der Waals surface area contributed by atoms with Crippen LogP contribution in [0.4, 0.5) is 5.69 Å². The third kappa shape index (κ3) is 4.86. The highest BCUT2D eigenvalue weighted by atomic mass is 32.2. The molecule has 7 nitrogen and oxygen atoms in total. The molecule has 2 aliphatic carbocycles. The molecule has 0 spiro atoms. The van der Waals surface area contributed by atoms with Gasteiger partial charge in [0.05, 0.1) is 11.4 Å². The van der Waals surface area contributed by atoms with Crippen LogP contribution < -0.4 is 14.9 Å². The fourth-order valence-electron chi connectivity index (χ4n) is 5.25. The van der Waals surface area contributed by atoms with E-state index in [1.807, 2.05) is 0 Å². The van der Waals surface area contributed by atoms with E-state index >= 15 is 0 Å². The van der Waals surface area contributed by atoms with Crippen LogP contribution >= 0.6 is 0 Å². The zero-order valence-corrected chi connectivity index (χ0v) is 18.1. The zero-order valence-electron chi connectivity index (χ0n) is 17.3. The first-order valence-electron chi connectivity index (χ1n) is 11.1. The number of fused-ring (bicyclic) bond motifs is 1. The lowest BCUT2D eigenvalue weighted by Crippen LogP contribution is -2.45. The molecule has 0 aromatic heterocycles. The van der Waals surface area contributed by atoms with Crippen molar-refractivity contribution in [2.75, 3.05) is 18.0 Å². The summed E-state index contributed by atoms with van der Waals surface area (Å²) in [6.07, 6.45) is 9.68. The molecule has 0 bridgehead atoms. The van der Waals surface area contributed by atoms with E-state index in [1.165, 1.54) is 37.8 Å². The minimum absolute atomic E-state index is 0.0580. The quantitative estimate of drug-likeness (QED) is 0.721. The molecule has 1 saturated heterocycles. The monoisotopic (exact) mass is 433 g/mol. The second-order valence-corrected chi connectivity index (χ2v) is 10.6. The highest BCUT2D eigenvalue weighted by Gasteiger charge is 2.32. The summed E-state index contributed by atoms with van der Waals surface area (Å²) in [5.74, 6) is 1.29. The van der Waals surface area contributed by atoms with Crippen molar-refractivity contribution in [3.63, 3.8) is 0 Å². The van der Waals surface area contributed by atoms with Crippen molar-refractivity contribution in [2.45, 2.75) is 68.7 Å². The third-order valence-electron chi connectivity index (χ3n) is 6.86. The van der Waals surface area contributed by atoms with Gasteiger partial charge in [0.15, 0.2) is 0 Å². The van der Waals surface area contributed by atoms with Gasteiger partial charge in [-0.1, -0.05) is 25.7 Å².